The smallest absolute Gasteiger partial charge is 0.255 e. The Kier molecular flexibility index (Phi) is 7.35. The van der Waals surface area contributed by atoms with E-state index in [-0.39, 0.29) is 21.4 Å². The van der Waals surface area contributed by atoms with Gasteiger partial charge in [0, 0.05) is 43.1 Å². The molecule has 4 rings (SSSR count). The van der Waals surface area contributed by atoms with Gasteiger partial charge in [0.15, 0.2) is 0 Å². The Labute approximate surface area is 194 Å². The predicted octanol–water partition coefficient (Wildman–Crippen LogP) is 3.99. The SMILES string of the molecule is O=C(Nc1ccc(N2CCOCC2)cc1)c1ccc(Cl)c(S(=O)(=O)N2CCCCCC2)c1. The van der Waals surface area contributed by atoms with Crippen molar-refractivity contribution < 1.29 is 17.9 Å². The monoisotopic (exact) mass is 477 g/mol. The number of sulfonamides is 1. The van der Waals surface area contributed by atoms with Gasteiger partial charge in [-0.15, -0.1) is 0 Å². The minimum Gasteiger partial charge on any atom is -0.378 e. The van der Waals surface area contributed by atoms with Gasteiger partial charge < -0.3 is 15.0 Å². The van der Waals surface area contributed by atoms with Crippen molar-refractivity contribution in [3.63, 3.8) is 0 Å². The molecule has 0 atom stereocenters. The van der Waals surface area contributed by atoms with Crippen molar-refractivity contribution in [1.82, 2.24) is 4.31 Å². The highest BCUT2D eigenvalue weighted by Crippen LogP contribution is 2.28. The van der Waals surface area contributed by atoms with Crippen LogP contribution < -0.4 is 10.2 Å². The van der Waals surface area contributed by atoms with E-state index < -0.39 is 10.0 Å². The molecule has 0 spiro atoms. The van der Waals surface area contributed by atoms with Crippen molar-refractivity contribution in [1.29, 1.82) is 0 Å². The van der Waals surface area contributed by atoms with E-state index in [1.807, 2.05) is 24.3 Å². The summed E-state index contributed by atoms with van der Waals surface area (Å²) < 4.78 is 33.2. The third-order valence-electron chi connectivity index (χ3n) is 5.88. The zero-order valence-electron chi connectivity index (χ0n) is 17.9. The molecule has 0 bridgehead atoms. The number of carbonyl (C=O) groups excluding carboxylic acids is 1. The Hall–Kier alpha value is -2.13. The van der Waals surface area contributed by atoms with E-state index >= 15 is 0 Å². The quantitative estimate of drug-likeness (QED) is 0.704. The molecule has 2 fully saturated rings. The number of hydrogen-bond acceptors (Lipinski definition) is 5. The fraction of sp³-hybridized carbons (Fsp3) is 0.435. The molecule has 2 saturated heterocycles. The molecular formula is C23H28ClN3O4S. The maximum atomic E-state index is 13.2. The van der Waals surface area contributed by atoms with Crippen LogP contribution in [0.4, 0.5) is 11.4 Å². The Morgan fingerprint density at radius 1 is 0.906 bits per heavy atom. The molecular weight excluding hydrogens is 450 g/mol. The van der Waals surface area contributed by atoms with Crippen molar-refractivity contribution in [2.24, 2.45) is 0 Å². The van der Waals surface area contributed by atoms with Gasteiger partial charge in [-0.05, 0) is 55.3 Å². The lowest BCUT2D eigenvalue weighted by atomic mass is 10.2. The van der Waals surface area contributed by atoms with Gasteiger partial charge in [0.2, 0.25) is 10.0 Å². The largest absolute Gasteiger partial charge is 0.378 e. The van der Waals surface area contributed by atoms with Gasteiger partial charge >= 0.3 is 0 Å². The summed E-state index contributed by atoms with van der Waals surface area (Å²) in [6.07, 6.45) is 3.70. The highest BCUT2D eigenvalue weighted by atomic mass is 35.5. The normalized spacial score (nSPS) is 18.2. The molecule has 1 N–H and O–H groups in total. The van der Waals surface area contributed by atoms with Gasteiger partial charge in [-0.3, -0.25) is 4.79 Å². The van der Waals surface area contributed by atoms with E-state index in [0.29, 0.717) is 32.0 Å². The van der Waals surface area contributed by atoms with Crippen LogP contribution in [0.1, 0.15) is 36.0 Å². The summed E-state index contributed by atoms with van der Waals surface area (Å²) in [5, 5.41) is 2.97. The molecule has 9 heteroatoms. The van der Waals surface area contributed by atoms with Crippen LogP contribution in [0, 0.1) is 0 Å². The number of morpholine rings is 1. The van der Waals surface area contributed by atoms with Crippen LogP contribution in [0.3, 0.4) is 0 Å². The summed E-state index contributed by atoms with van der Waals surface area (Å²) in [6.45, 7) is 4.04. The fourth-order valence-corrected chi connectivity index (χ4v) is 6.06. The first-order valence-electron chi connectivity index (χ1n) is 11.0. The van der Waals surface area contributed by atoms with Crippen LogP contribution in [-0.2, 0) is 14.8 Å². The molecule has 0 unspecified atom stereocenters. The number of rotatable bonds is 5. The maximum absolute atomic E-state index is 13.2. The number of ether oxygens (including phenoxy) is 1. The maximum Gasteiger partial charge on any atom is 0.255 e. The summed E-state index contributed by atoms with van der Waals surface area (Å²) >= 11 is 6.25. The molecule has 2 aliphatic heterocycles. The summed E-state index contributed by atoms with van der Waals surface area (Å²) in [5.41, 5.74) is 1.96. The zero-order chi connectivity index (χ0) is 22.6. The second-order valence-electron chi connectivity index (χ2n) is 8.06. The number of halogens is 1. The van der Waals surface area contributed by atoms with E-state index in [0.717, 1.165) is 44.5 Å². The molecule has 2 aliphatic rings. The van der Waals surface area contributed by atoms with E-state index in [2.05, 4.69) is 10.2 Å². The van der Waals surface area contributed by atoms with Gasteiger partial charge in [-0.1, -0.05) is 24.4 Å². The lowest BCUT2D eigenvalue weighted by molar-refractivity contribution is 0.102. The molecule has 0 saturated carbocycles. The molecule has 0 radical (unpaired) electrons. The number of hydrogen-bond donors (Lipinski definition) is 1. The molecule has 0 aromatic heterocycles. The van der Waals surface area contributed by atoms with Crippen LogP contribution in [0.15, 0.2) is 47.4 Å². The Morgan fingerprint density at radius 3 is 2.22 bits per heavy atom. The summed E-state index contributed by atoms with van der Waals surface area (Å²) in [7, 11) is -3.76. The van der Waals surface area contributed by atoms with E-state index in [4.69, 9.17) is 16.3 Å². The molecule has 7 nitrogen and oxygen atoms in total. The molecule has 1 amide bonds. The Balaban J connectivity index is 1.49. The lowest BCUT2D eigenvalue weighted by Crippen LogP contribution is -2.36. The summed E-state index contributed by atoms with van der Waals surface area (Å²) in [6, 6.07) is 12.0. The standard InChI is InChI=1S/C23H28ClN3O4S/c24-21-10-5-18(17-22(21)32(29,30)27-11-3-1-2-4-12-27)23(28)25-19-6-8-20(9-7-19)26-13-15-31-16-14-26/h5-10,17H,1-4,11-16H2,(H,25,28). The summed E-state index contributed by atoms with van der Waals surface area (Å²) in [5.74, 6) is -0.381. The number of anilines is 2. The zero-order valence-corrected chi connectivity index (χ0v) is 19.5. The first-order chi connectivity index (χ1) is 15.4. The lowest BCUT2D eigenvalue weighted by Gasteiger charge is -2.28. The molecule has 172 valence electrons. The number of benzene rings is 2. The highest BCUT2D eigenvalue weighted by molar-refractivity contribution is 7.89. The van der Waals surface area contributed by atoms with Gasteiger partial charge in [0.05, 0.1) is 18.2 Å². The van der Waals surface area contributed by atoms with Crippen molar-refractivity contribution >= 4 is 38.9 Å². The van der Waals surface area contributed by atoms with Gasteiger partial charge in [0.1, 0.15) is 4.90 Å². The predicted molar refractivity (Wildman–Crippen MR) is 126 cm³/mol. The van der Waals surface area contributed by atoms with Crippen LogP contribution in [0.25, 0.3) is 0 Å². The van der Waals surface area contributed by atoms with Crippen LogP contribution in [-0.4, -0.2) is 58.0 Å². The van der Waals surface area contributed by atoms with E-state index in [1.54, 1.807) is 6.07 Å². The Morgan fingerprint density at radius 2 is 1.56 bits per heavy atom. The van der Waals surface area contributed by atoms with E-state index in [1.165, 1.54) is 16.4 Å². The molecule has 2 aromatic rings. The average molecular weight is 478 g/mol. The third kappa shape index (κ3) is 5.26. The second-order valence-corrected chi connectivity index (χ2v) is 10.4. The highest BCUT2D eigenvalue weighted by Gasteiger charge is 2.28. The summed E-state index contributed by atoms with van der Waals surface area (Å²) in [4.78, 5) is 15.0. The van der Waals surface area contributed by atoms with E-state index in [9.17, 15) is 13.2 Å². The van der Waals surface area contributed by atoms with Crippen LogP contribution in [0.2, 0.25) is 5.02 Å². The van der Waals surface area contributed by atoms with Gasteiger partial charge in [-0.25, -0.2) is 8.42 Å². The Bertz CT molecular complexity index is 1050. The number of nitrogens with zero attached hydrogens (tertiary/aromatic N) is 2. The molecule has 0 aliphatic carbocycles. The fourth-order valence-electron chi connectivity index (χ4n) is 4.04. The average Bonchev–Trinajstić information content (AvgIpc) is 3.11. The van der Waals surface area contributed by atoms with Gasteiger partial charge in [0.25, 0.3) is 5.91 Å². The molecule has 2 heterocycles. The number of nitrogens with one attached hydrogen (secondary N) is 1. The first kappa shape index (κ1) is 23.0. The number of amides is 1. The van der Waals surface area contributed by atoms with Crippen molar-refractivity contribution in [3.8, 4) is 0 Å². The number of carbonyl (C=O) groups is 1. The second kappa shape index (κ2) is 10.2. The van der Waals surface area contributed by atoms with Crippen molar-refractivity contribution in [3.05, 3.63) is 53.1 Å². The third-order valence-corrected chi connectivity index (χ3v) is 8.26. The minimum absolute atomic E-state index is 0.0172. The molecule has 2 aromatic carbocycles. The first-order valence-corrected chi connectivity index (χ1v) is 12.8. The minimum atomic E-state index is -3.76. The van der Waals surface area contributed by atoms with Gasteiger partial charge in [-0.2, -0.15) is 4.31 Å². The van der Waals surface area contributed by atoms with Crippen molar-refractivity contribution in [2.45, 2.75) is 30.6 Å². The molecule has 32 heavy (non-hydrogen) atoms. The van der Waals surface area contributed by atoms with Crippen LogP contribution in [0.5, 0.6) is 0 Å². The van der Waals surface area contributed by atoms with Crippen LogP contribution >= 0.6 is 11.6 Å². The topological polar surface area (TPSA) is 79.0 Å². The van der Waals surface area contributed by atoms with Crippen molar-refractivity contribution in [2.75, 3.05) is 49.6 Å².